The number of ether oxygens (including phenoxy) is 1. The van der Waals surface area contributed by atoms with Crippen molar-refractivity contribution in [3.8, 4) is 0 Å². The predicted octanol–water partition coefficient (Wildman–Crippen LogP) is 2.02. The third-order valence-corrected chi connectivity index (χ3v) is 2.80. The zero-order chi connectivity index (χ0) is 11.1. The number of rotatable bonds is 5. The lowest BCUT2D eigenvalue weighted by Gasteiger charge is -2.22. The first-order valence-electron chi connectivity index (χ1n) is 5.64. The number of carbonyl (C=O) groups excluding carboxylic acids is 2. The van der Waals surface area contributed by atoms with Gasteiger partial charge in [0.25, 0.3) is 0 Å². The summed E-state index contributed by atoms with van der Waals surface area (Å²) in [5.41, 5.74) is -0.650. The molecule has 1 saturated carbocycles. The van der Waals surface area contributed by atoms with Crippen LogP contribution in [0.2, 0.25) is 0 Å². The second-order valence-corrected chi connectivity index (χ2v) is 4.10. The van der Waals surface area contributed by atoms with Gasteiger partial charge in [-0.1, -0.05) is 26.2 Å². The van der Waals surface area contributed by atoms with Crippen molar-refractivity contribution in [2.24, 2.45) is 0 Å². The van der Waals surface area contributed by atoms with Crippen molar-refractivity contribution in [3.63, 3.8) is 0 Å². The molecular formula is C11H19NO3. The van der Waals surface area contributed by atoms with Crippen LogP contribution in [0.25, 0.3) is 0 Å². The summed E-state index contributed by atoms with van der Waals surface area (Å²) in [6.07, 6.45) is 5.70. The Labute approximate surface area is 90.4 Å². The van der Waals surface area contributed by atoms with Gasteiger partial charge in [0.15, 0.2) is 0 Å². The fourth-order valence-corrected chi connectivity index (χ4v) is 1.83. The first-order valence-corrected chi connectivity index (χ1v) is 5.64. The van der Waals surface area contributed by atoms with E-state index in [1.807, 2.05) is 6.92 Å². The van der Waals surface area contributed by atoms with Gasteiger partial charge in [0.05, 0.1) is 12.1 Å². The van der Waals surface area contributed by atoms with Crippen LogP contribution in [0.1, 0.15) is 45.4 Å². The first-order chi connectivity index (χ1) is 7.22. The van der Waals surface area contributed by atoms with Crippen molar-refractivity contribution in [1.82, 2.24) is 5.32 Å². The third kappa shape index (κ3) is 3.53. The lowest BCUT2D eigenvalue weighted by atomic mass is 10.0. The van der Waals surface area contributed by atoms with Crippen molar-refractivity contribution in [1.29, 1.82) is 0 Å². The highest BCUT2D eigenvalue weighted by Gasteiger charge is 2.35. The Morgan fingerprint density at radius 2 is 2.13 bits per heavy atom. The summed E-state index contributed by atoms with van der Waals surface area (Å²) >= 11 is 0. The second-order valence-electron chi connectivity index (χ2n) is 4.10. The number of nitrogens with one attached hydrogen (secondary N) is 1. The fraction of sp³-hybridized carbons (Fsp3) is 0.818. The number of hydrogen-bond donors (Lipinski definition) is 1. The first kappa shape index (κ1) is 12.0. The zero-order valence-electron chi connectivity index (χ0n) is 9.25. The minimum atomic E-state index is -0.650. The Kier molecular flexibility index (Phi) is 4.59. The summed E-state index contributed by atoms with van der Waals surface area (Å²) in [4.78, 5) is 22.3. The molecule has 0 saturated heterocycles. The van der Waals surface area contributed by atoms with E-state index in [0.29, 0.717) is 6.61 Å². The molecular weight excluding hydrogens is 194 g/mol. The highest BCUT2D eigenvalue weighted by molar-refractivity contribution is 5.76. The second kappa shape index (κ2) is 5.73. The lowest BCUT2D eigenvalue weighted by molar-refractivity contribution is -0.113. The van der Waals surface area contributed by atoms with E-state index in [4.69, 9.17) is 4.74 Å². The van der Waals surface area contributed by atoms with E-state index in [1.54, 1.807) is 0 Å². The lowest BCUT2D eigenvalue weighted by Crippen LogP contribution is -2.47. The van der Waals surface area contributed by atoms with E-state index >= 15 is 0 Å². The van der Waals surface area contributed by atoms with Crippen LogP contribution in [0.3, 0.4) is 0 Å². The Morgan fingerprint density at radius 3 is 2.67 bits per heavy atom. The van der Waals surface area contributed by atoms with Gasteiger partial charge in [0.2, 0.25) is 0 Å². The minimum absolute atomic E-state index is 0.428. The van der Waals surface area contributed by atoms with Crippen molar-refractivity contribution in [3.05, 3.63) is 0 Å². The average Bonchev–Trinajstić information content (AvgIpc) is 2.67. The maximum Gasteiger partial charge on any atom is 0.407 e. The van der Waals surface area contributed by atoms with Crippen LogP contribution in [0.4, 0.5) is 4.79 Å². The summed E-state index contributed by atoms with van der Waals surface area (Å²) in [6.45, 7) is 2.46. The van der Waals surface area contributed by atoms with Crippen LogP contribution >= 0.6 is 0 Å². The summed E-state index contributed by atoms with van der Waals surface area (Å²) in [7, 11) is 0. The van der Waals surface area contributed by atoms with Gasteiger partial charge >= 0.3 is 6.09 Å². The van der Waals surface area contributed by atoms with Crippen LogP contribution in [0.5, 0.6) is 0 Å². The molecule has 1 aliphatic carbocycles. The standard InChI is InChI=1S/C11H19NO3/c1-2-3-8-15-10(14)12-11(9-13)6-4-5-7-11/h9H,2-8H2,1H3,(H,12,14). The molecule has 0 radical (unpaired) electrons. The third-order valence-electron chi connectivity index (χ3n) is 2.80. The zero-order valence-corrected chi connectivity index (χ0v) is 9.25. The van der Waals surface area contributed by atoms with E-state index in [-0.39, 0.29) is 0 Å². The molecule has 1 amide bonds. The van der Waals surface area contributed by atoms with Gasteiger partial charge in [-0.2, -0.15) is 0 Å². The number of amides is 1. The molecule has 4 nitrogen and oxygen atoms in total. The molecule has 0 heterocycles. The minimum Gasteiger partial charge on any atom is -0.450 e. The van der Waals surface area contributed by atoms with Crippen molar-refractivity contribution < 1.29 is 14.3 Å². The smallest absolute Gasteiger partial charge is 0.407 e. The molecule has 1 rings (SSSR count). The number of aldehydes is 1. The quantitative estimate of drug-likeness (QED) is 0.561. The molecule has 0 aliphatic heterocycles. The molecule has 0 aromatic carbocycles. The molecule has 0 atom stereocenters. The van der Waals surface area contributed by atoms with Gasteiger partial charge in [-0.05, 0) is 19.3 Å². The van der Waals surface area contributed by atoms with E-state index in [1.165, 1.54) is 0 Å². The molecule has 0 unspecified atom stereocenters. The van der Waals surface area contributed by atoms with E-state index < -0.39 is 11.6 Å². The molecule has 1 N–H and O–H groups in total. The van der Waals surface area contributed by atoms with Gasteiger partial charge in [0.1, 0.15) is 6.29 Å². The summed E-state index contributed by atoms with van der Waals surface area (Å²) < 4.78 is 4.96. The SMILES string of the molecule is CCCCOC(=O)NC1(C=O)CCCC1. The Balaban J connectivity index is 2.31. The highest BCUT2D eigenvalue weighted by Crippen LogP contribution is 2.27. The van der Waals surface area contributed by atoms with Crippen LogP contribution < -0.4 is 5.32 Å². The van der Waals surface area contributed by atoms with Gasteiger partial charge in [-0.3, -0.25) is 0 Å². The molecule has 1 fully saturated rings. The molecule has 0 aromatic rings. The number of hydrogen-bond acceptors (Lipinski definition) is 3. The van der Waals surface area contributed by atoms with Crippen LogP contribution in [-0.4, -0.2) is 24.5 Å². The largest absolute Gasteiger partial charge is 0.450 e. The highest BCUT2D eigenvalue weighted by atomic mass is 16.5. The molecule has 15 heavy (non-hydrogen) atoms. The molecule has 0 spiro atoms. The molecule has 86 valence electrons. The van der Waals surface area contributed by atoms with Gasteiger partial charge in [0, 0.05) is 0 Å². The Morgan fingerprint density at radius 1 is 1.47 bits per heavy atom. The van der Waals surface area contributed by atoms with Crippen LogP contribution in [-0.2, 0) is 9.53 Å². The molecule has 0 bridgehead atoms. The Hall–Kier alpha value is -1.06. The topological polar surface area (TPSA) is 55.4 Å². The van der Waals surface area contributed by atoms with Gasteiger partial charge < -0.3 is 14.8 Å². The van der Waals surface area contributed by atoms with Crippen molar-refractivity contribution >= 4 is 12.4 Å². The molecule has 4 heteroatoms. The fourth-order valence-electron chi connectivity index (χ4n) is 1.83. The van der Waals surface area contributed by atoms with E-state index in [2.05, 4.69) is 5.32 Å². The monoisotopic (exact) mass is 213 g/mol. The van der Waals surface area contributed by atoms with E-state index in [0.717, 1.165) is 44.8 Å². The summed E-state index contributed by atoms with van der Waals surface area (Å²) in [6, 6.07) is 0. The normalized spacial score (nSPS) is 18.5. The van der Waals surface area contributed by atoms with Crippen molar-refractivity contribution in [2.45, 2.75) is 51.0 Å². The van der Waals surface area contributed by atoms with Gasteiger partial charge in [-0.15, -0.1) is 0 Å². The summed E-state index contributed by atoms with van der Waals surface area (Å²) in [5, 5.41) is 2.67. The number of alkyl carbamates (subject to hydrolysis) is 1. The molecule has 0 aromatic heterocycles. The number of carbonyl (C=O) groups is 2. The maximum absolute atomic E-state index is 11.3. The predicted molar refractivity (Wildman–Crippen MR) is 56.7 cm³/mol. The number of unbranched alkanes of at least 4 members (excludes halogenated alkanes) is 1. The van der Waals surface area contributed by atoms with Crippen molar-refractivity contribution in [2.75, 3.05) is 6.61 Å². The summed E-state index contributed by atoms with van der Waals surface area (Å²) in [5.74, 6) is 0. The van der Waals surface area contributed by atoms with E-state index in [9.17, 15) is 9.59 Å². The maximum atomic E-state index is 11.3. The van der Waals surface area contributed by atoms with Crippen LogP contribution in [0, 0.1) is 0 Å². The molecule has 1 aliphatic rings. The van der Waals surface area contributed by atoms with Crippen LogP contribution in [0.15, 0.2) is 0 Å². The average molecular weight is 213 g/mol. The Bertz CT molecular complexity index is 222. The van der Waals surface area contributed by atoms with Gasteiger partial charge in [-0.25, -0.2) is 4.79 Å².